The quantitative estimate of drug-likeness (QED) is 0.911. The number of aromatic nitrogens is 2. The predicted molar refractivity (Wildman–Crippen MR) is 79.1 cm³/mol. The molecule has 2 aromatic rings. The summed E-state index contributed by atoms with van der Waals surface area (Å²) >= 11 is 1.38. The van der Waals surface area contributed by atoms with Crippen molar-refractivity contribution in [2.45, 2.75) is 25.7 Å². The minimum absolute atomic E-state index is 0.256. The van der Waals surface area contributed by atoms with E-state index in [4.69, 9.17) is 0 Å². The first-order valence-electron chi connectivity index (χ1n) is 6.74. The van der Waals surface area contributed by atoms with Crippen LogP contribution in [-0.4, -0.2) is 26.8 Å². The molecule has 0 fully saturated rings. The number of aromatic carboxylic acids is 1. The first-order valence-corrected chi connectivity index (χ1v) is 7.55. The molecular formula is C14H15N3O3S. The molecule has 0 saturated heterocycles. The molecule has 3 rings (SSSR count). The number of hydrogen-bond acceptors (Lipinski definition) is 4. The predicted octanol–water partition coefficient (Wildman–Crippen LogP) is 2.31. The fourth-order valence-corrected chi connectivity index (χ4v) is 3.87. The Morgan fingerprint density at radius 1 is 1.38 bits per heavy atom. The molecule has 0 radical (unpaired) electrons. The Kier molecular flexibility index (Phi) is 3.50. The van der Waals surface area contributed by atoms with Gasteiger partial charge in [0.1, 0.15) is 5.00 Å². The van der Waals surface area contributed by atoms with E-state index < -0.39 is 5.97 Å². The zero-order valence-corrected chi connectivity index (χ0v) is 12.4. The van der Waals surface area contributed by atoms with E-state index in [0.29, 0.717) is 10.6 Å². The van der Waals surface area contributed by atoms with Gasteiger partial charge in [0.2, 0.25) is 0 Å². The third kappa shape index (κ3) is 2.56. The summed E-state index contributed by atoms with van der Waals surface area (Å²) in [5.41, 5.74) is 1.56. The minimum atomic E-state index is -0.976. The van der Waals surface area contributed by atoms with E-state index in [1.54, 1.807) is 13.2 Å². The lowest BCUT2D eigenvalue weighted by molar-refractivity contribution is 0.0697. The molecule has 110 valence electrons. The van der Waals surface area contributed by atoms with E-state index in [0.717, 1.165) is 36.1 Å². The lowest BCUT2D eigenvalue weighted by Crippen LogP contribution is -2.13. The third-order valence-corrected chi connectivity index (χ3v) is 4.79. The number of aryl methyl sites for hydroxylation is 2. The Morgan fingerprint density at radius 2 is 2.14 bits per heavy atom. The van der Waals surface area contributed by atoms with Crippen molar-refractivity contribution in [2.75, 3.05) is 5.32 Å². The van der Waals surface area contributed by atoms with Crippen molar-refractivity contribution in [3.8, 4) is 0 Å². The summed E-state index contributed by atoms with van der Waals surface area (Å²) in [6, 6.07) is 0. The summed E-state index contributed by atoms with van der Waals surface area (Å²) in [4.78, 5) is 24.8. The minimum Gasteiger partial charge on any atom is -0.478 e. The molecule has 7 heteroatoms. The third-order valence-electron chi connectivity index (χ3n) is 3.58. The highest BCUT2D eigenvalue weighted by Crippen LogP contribution is 2.38. The number of carbonyl (C=O) groups is 2. The maximum absolute atomic E-state index is 12.2. The van der Waals surface area contributed by atoms with E-state index in [-0.39, 0.29) is 11.5 Å². The molecule has 2 N–H and O–H groups in total. The van der Waals surface area contributed by atoms with Crippen molar-refractivity contribution in [1.29, 1.82) is 0 Å². The Bertz CT molecular complexity index is 717. The van der Waals surface area contributed by atoms with Crippen LogP contribution < -0.4 is 5.32 Å². The Labute approximate surface area is 125 Å². The number of nitrogens with zero attached hydrogens (tertiary/aromatic N) is 2. The van der Waals surface area contributed by atoms with Gasteiger partial charge in [-0.3, -0.25) is 9.48 Å². The normalized spacial score (nSPS) is 13.8. The largest absolute Gasteiger partial charge is 0.478 e. The Balaban J connectivity index is 1.93. The van der Waals surface area contributed by atoms with Gasteiger partial charge in [-0.1, -0.05) is 0 Å². The van der Waals surface area contributed by atoms with Crippen LogP contribution in [0.1, 0.15) is 44.0 Å². The second kappa shape index (κ2) is 5.33. The monoisotopic (exact) mass is 305 g/mol. The molecule has 0 saturated carbocycles. The highest BCUT2D eigenvalue weighted by atomic mass is 32.1. The van der Waals surface area contributed by atoms with Crippen LogP contribution in [0.4, 0.5) is 5.00 Å². The number of fused-ring (bicyclic) bond motifs is 1. The van der Waals surface area contributed by atoms with Gasteiger partial charge in [0.05, 0.1) is 17.3 Å². The zero-order valence-electron chi connectivity index (χ0n) is 11.5. The molecule has 1 aliphatic rings. The first kappa shape index (κ1) is 13.8. The van der Waals surface area contributed by atoms with Crippen LogP contribution in [0.3, 0.4) is 0 Å². The van der Waals surface area contributed by atoms with Gasteiger partial charge in [0.25, 0.3) is 5.91 Å². The summed E-state index contributed by atoms with van der Waals surface area (Å²) < 4.78 is 1.53. The van der Waals surface area contributed by atoms with Crippen LogP contribution in [0.15, 0.2) is 12.4 Å². The number of anilines is 1. The summed E-state index contributed by atoms with van der Waals surface area (Å²) in [7, 11) is 1.73. The molecule has 0 atom stereocenters. The maximum Gasteiger partial charge on any atom is 0.339 e. The van der Waals surface area contributed by atoms with Crippen LogP contribution in [0.2, 0.25) is 0 Å². The van der Waals surface area contributed by atoms with Gasteiger partial charge < -0.3 is 10.4 Å². The first-order chi connectivity index (χ1) is 10.1. The van der Waals surface area contributed by atoms with Crippen LogP contribution in [0, 0.1) is 0 Å². The van der Waals surface area contributed by atoms with E-state index >= 15 is 0 Å². The van der Waals surface area contributed by atoms with Gasteiger partial charge in [-0.25, -0.2) is 4.79 Å². The van der Waals surface area contributed by atoms with Crippen molar-refractivity contribution in [1.82, 2.24) is 9.78 Å². The number of carboxylic acid groups (broad SMARTS) is 1. The van der Waals surface area contributed by atoms with Gasteiger partial charge in [0.15, 0.2) is 0 Å². The fraction of sp³-hybridized carbons (Fsp3) is 0.357. The van der Waals surface area contributed by atoms with Crippen LogP contribution in [-0.2, 0) is 19.9 Å². The van der Waals surface area contributed by atoms with Gasteiger partial charge in [-0.2, -0.15) is 5.10 Å². The second-order valence-corrected chi connectivity index (χ2v) is 6.18. The number of nitrogens with one attached hydrogen (secondary N) is 1. The number of carbonyl (C=O) groups excluding carboxylic acids is 1. The number of hydrogen-bond donors (Lipinski definition) is 2. The van der Waals surface area contributed by atoms with Crippen LogP contribution in [0.5, 0.6) is 0 Å². The highest BCUT2D eigenvalue weighted by Gasteiger charge is 2.26. The van der Waals surface area contributed by atoms with Crippen LogP contribution >= 0.6 is 11.3 Å². The second-order valence-electron chi connectivity index (χ2n) is 5.08. The molecule has 2 aromatic heterocycles. The smallest absolute Gasteiger partial charge is 0.339 e. The zero-order chi connectivity index (χ0) is 15.0. The number of amides is 1. The Morgan fingerprint density at radius 3 is 2.81 bits per heavy atom. The van der Waals surface area contributed by atoms with E-state index in [1.165, 1.54) is 22.2 Å². The van der Waals surface area contributed by atoms with E-state index in [9.17, 15) is 14.7 Å². The van der Waals surface area contributed by atoms with Gasteiger partial charge in [-0.05, 0) is 31.2 Å². The van der Waals surface area contributed by atoms with Crippen LogP contribution in [0.25, 0.3) is 0 Å². The van der Waals surface area contributed by atoms with Gasteiger partial charge >= 0.3 is 5.97 Å². The molecule has 0 unspecified atom stereocenters. The lowest BCUT2D eigenvalue weighted by Gasteiger charge is -2.10. The van der Waals surface area contributed by atoms with Gasteiger partial charge in [0, 0.05) is 18.1 Å². The van der Waals surface area contributed by atoms with Crippen molar-refractivity contribution in [3.05, 3.63) is 34.0 Å². The lowest BCUT2D eigenvalue weighted by atomic mass is 9.95. The topological polar surface area (TPSA) is 84.2 Å². The molecule has 21 heavy (non-hydrogen) atoms. The van der Waals surface area contributed by atoms with Crippen molar-refractivity contribution >= 4 is 28.2 Å². The number of carboxylic acids is 1. The SMILES string of the molecule is Cn1cc(C(=O)Nc2sc3c(c2C(=O)O)CCCC3)cn1. The van der Waals surface area contributed by atoms with Gasteiger partial charge in [-0.15, -0.1) is 11.3 Å². The maximum atomic E-state index is 12.2. The number of rotatable bonds is 3. The molecule has 6 nitrogen and oxygen atoms in total. The molecular weight excluding hydrogens is 290 g/mol. The molecule has 1 aliphatic carbocycles. The average molecular weight is 305 g/mol. The molecule has 0 spiro atoms. The van der Waals surface area contributed by atoms with E-state index in [1.807, 2.05) is 0 Å². The average Bonchev–Trinajstić information content (AvgIpc) is 3.01. The van der Waals surface area contributed by atoms with Crippen molar-refractivity contribution in [2.24, 2.45) is 7.05 Å². The fourth-order valence-electron chi connectivity index (χ4n) is 2.59. The summed E-state index contributed by atoms with van der Waals surface area (Å²) in [5, 5.41) is 16.5. The summed E-state index contributed by atoms with van der Waals surface area (Å²) in [5.74, 6) is -1.31. The summed E-state index contributed by atoms with van der Waals surface area (Å²) in [6.07, 6.45) is 6.80. The molecule has 0 bridgehead atoms. The van der Waals surface area contributed by atoms with E-state index in [2.05, 4.69) is 10.4 Å². The standard InChI is InChI=1S/C14H15N3O3S/c1-17-7-8(6-15-17)12(18)16-13-11(14(19)20)9-4-2-3-5-10(9)21-13/h6-7H,2-5H2,1H3,(H,16,18)(H,19,20). The molecule has 0 aliphatic heterocycles. The molecule has 0 aromatic carbocycles. The molecule has 1 amide bonds. The summed E-state index contributed by atoms with van der Waals surface area (Å²) in [6.45, 7) is 0. The highest BCUT2D eigenvalue weighted by molar-refractivity contribution is 7.17. The van der Waals surface area contributed by atoms with Crippen molar-refractivity contribution in [3.63, 3.8) is 0 Å². The molecule has 2 heterocycles. The number of thiophene rings is 1. The Hall–Kier alpha value is -2.15. The van der Waals surface area contributed by atoms with Crippen molar-refractivity contribution < 1.29 is 14.7 Å².